The minimum Gasteiger partial charge on any atom is -0.437 e. The predicted molar refractivity (Wildman–Crippen MR) is 148 cm³/mol. The first-order valence-corrected chi connectivity index (χ1v) is 13.3. The fourth-order valence-corrected chi connectivity index (χ4v) is 5.00. The van der Waals surface area contributed by atoms with Gasteiger partial charge in [0.1, 0.15) is 22.7 Å². The van der Waals surface area contributed by atoms with Gasteiger partial charge in [-0.3, -0.25) is 4.79 Å². The van der Waals surface area contributed by atoms with Crippen LogP contribution < -0.4 is 15.4 Å². The molecule has 2 aromatic carbocycles. The fourth-order valence-electron chi connectivity index (χ4n) is 4.24. The lowest BCUT2D eigenvalue weighted by atomic mass is 10.1. The highest BCUT2D eigenvalue weighted by molar-refractivity contribution is 7.17. The summed E-state index contributed by atoms with van der Waals surface area (Å²) in [6.07, 6.45) is 3.86. The highest BCUT2D eigenvalue weighted by Crippen LogP contribution is 2.36. The molecule has 1 fully saturated rings. The van der Waals surface area contributed by atoms with Crippen molar-refractivity contribution < 1.29 is 9.53 Å². The van der Waals surface area contributed by atoms with E-state index in [1.165, 1.54) is 11.3 Å². The van der Waals surface area contributed by atoms with Crippen molar-refractivity contribution in [3.05, 3.63) is 70.7 Å². The number of benzene rings is 2. The van der Waals surface area contributed by atoms with Crippen LogP contribution in [-0.2, 0) is 11.3 Å². The maximum absolute atomic E-state index is 12.0. The number of amides is 1. The van der Waals surface area contributed by atoms with Gasteiger partial charge in [-0.15, -0.1) is 16.4 Å². The Morgan fingerprint density at radius 3 is 2.64 bits per heavy atom. The average Bonchev–Trinajstić information content (AvgIpc) is 3.39. The van der Waals surface area contributed by atoms with Gasteiger partial charge in [0, 0.05) is 17.3 Å². The summed E-state index contributed by atoms with van der Waals surface area (Å²) in [6, 6.07) is 15.7. The van der Waals surface area contributed by atoms with E-state index in [0.29, 0.717) is 34.9 Å². The Hall–Kier alpha value is -4.82. The van der Waals surface area contributed by atoms with Crippen LogP contribution in [0.25, 0.3) is 21.5 Å². The third-order valence-corrected chi connectivity index (χ3v) is 7.18. The molecule has 3 heterocycles. The van der Waals surface area contributed by atoms with Crippen LogP contribution in [0.2, 0.25) is 0 Å². The molecule has 1 amide bonds. The Morgan fingerprint density at radius 1 is 1.15 bits per heavy atom. The molecule has 3 aromatic heterocycles. The van der Waals surface area contributed by atoms with Crippen molar-refractivity contribution in [3.8, 4) is 29.0 Å². The second-order valence-corrected chi connectivity index (χ2v) is 10.4. The molecule has 2 N–H and O–H groups in total. The molecule has 0 radical (unpaired) electrons. The lowest BCUT2D eigenvalue weighted by Gasteiger charge is -2.13. The van der Waals surface area contributed by atoms with Crippen LogP contribution in [0, 0.1) is 25.2 Å². The van der Waals surface area contributed by atoms with Gasteiger partial charge in [-0.05, 0) is 73.5 Å². The fraction of sp³-hybridized carbons (Fsp3) is 0.214. The zero-order chi connectivity index (χ0) is 26.9. The molecule has 0 bridgehead atoms. The van der Waals surface area contributed by atoms with Gasteiger partial charge in [0.2, 0.25) is 17.7 Å². The van der Waals surface area contributed by atoms with Crippen LogP contribution in [0.1, 0.15) is 29.5 Å². The Bertz CT molecular complexity index is 1710. The third-order valence-electron chi connectivity index (χ3n) is 6.28. The monoisotopic (exact) mass is 536 g/mol. The summed E-state index contributed by atoms with van der Waals surface area (Å²) in [5, 5.41) is 25.7. The largest absolute Gasteiger partial charge is 0.437 e. The summed E-state index contributed by atoms with van der Waals surface area (Å²) in [7, 11) is 0. The summed E-state index contributed by atoms with van der Waals surface area (Å²) >= 11 is 1.51. The molecule has 5 aromatic rings. The number of fused-ring (bicyclic) bond motifs is 1. The summed E-state index contributed by atoms with van der Waals surface area (Å²) < 4.78 is 8.67. The zero-order valence-electron chi connectivity index (χ0n) is 21.3. The molecule has 1 aliphatic carbocycles. The number of rotatable bonds is 8. The molecule has 1 saturated carbocycles. The smallest absolute Gasteiger partial charge is 0.242 e. The van der Waals surface area contributed by atoms with Crippen LogP contribution in [0.15, 0.2) is 54.0 Å². The lowest BCUT2D eigenvalue weighted by Crippen LogP contribution is -2.29. The van der Waals surface area contributed by atoms with Gasteiger partial charge in [0.15, 0.2) is 0 Å². The van der Waals surface area contributed by atoms with E-state index < -0.39 is 0 Å². The Morgan fingerprint density at radius 2 is 1.92 bits per heavy atom. The van der Waals surface area contributed by atoms with E-state index in [1.54, 1.807) is 23.0 Å². The molecule has 0 atom stereocenters. The number of hydrogen-bond donors (Lipinski definition) is 2. The lowest BCUT2D eigenvalue weighted by molar-refractivity contribution is -0.122. The first-order valence-electron chi connectivity index (χ1n) is 12.5. The van der Waals surface area contributed by atoms with Gasteiger partial charge in [-0.25, -0.2) is 9.67 Å². The van der Waals surface area contributed by atoms with Gasteiger partial charge in [-0.2, -0.15) is 10.2 Å². The van der Waals surface area contributed by atoms with Gasteiger partial charge < -0.3 is 15.4 Å². The number of thiophene rings is 1. The van der Waals surface area contributed by atoms with Crippen molar-refractivity contribution >= 4 is 39.1 Å². The van der Waals surface area contributed by atoms with E-state index in [9.17, 15) is 10.1 Å². The van der Waals surface area contributed by atoms with Crippen molar-refractivity contribution in [2.24, 2.45) is 0 Å². The molecular formula is C28H24N8O2S. The van der Waals surface area contributed by atoms with Crippen molar-refractivity contribution in [1.82, 2.24) is 30.3 Å². The second kappa shape index (κ2) is 10.2. The predicted octanol–water partition coefficient (Wildman–Crippen LogP) is 5.25. The summed E-state index contributed by atoms with van der Waals surface area (Å²) in [5.41, 5.74) is 5.44. The number of aryl methyl sites for hydroxylation is 2. The van der Waals surface area contributed by atoms with Gasteiger partial charge in [0.25, 0.3) is 0 Å². The number of hydrogen-bond acceptors (Lipinski definition) is 9. The molecule has 0 unspecified atom stereocenters. The topological polar surface area (TPSA) is 131 Å². The molecule has 11 heteroatoms. The van der Waals surface area contributed by atoms with E-state index in [1.807, 2.05) is 49.6 Å². The zero-order valence-corrected chi connectivity index (χ0v) is 22.1. The number of carbonyl (C=O) groups is 1. The van der Waals surface area contributed by atoms with Crippen molar-refractivity contribution in [2.75, 3.05) is 5.32 Å². The summed E-state index contributed by atoms with van der Waals surface area (Å²) in [6.45, 7) is 3.98. The van der Waals surface area contributed by atoms with E-state index in [4.69, 9.17) is 4.74 Å². The quantitative estimate of drug-likeness (QED) is 0.275. The molecule has 0 spiro atoms. The Labute approximate surface area is 228 Å². The number of ether oxygens (including phenoxy) is 1. The molecule has 1 aliphatic rings. The van der Waals surface area contributed by atoms with Crippen molar-refractivity contribution in [3.63, 3.8) is 0 Å². The molecule has 194 valence electrons. The first kappa shape index (κ1) is 24.5. The molecule has 39 heavy (non-hydrogen) atoms. The first-order chi connectivity index (χ1) is 18.9. The highest BCUT2D eigenvalue weighted by atomic mass is 32.1. The van der Waals surface area contributed by atoms with Crippen LogP contribution in [-0.4, -0.2) is 36.9 Å². The number of anilines is 2. The SMILES string of the molecule is Cc1cc(C#N)cc(C)c1Oc1nc(Nc2ccc(-c3cn(CC(=O)NC4CC4)nn3)cc2)nc2ccsc12. The van der Waals surface area contributed by atoms with Crippen LogP contribution in [0.4, 0.5) is 11.6 Å². The highest BCUT2D eigenvalue weighted by Gasteiger charge is 2.23. The molecule has 0 aliphatic heterocycles. The van der Waals surface area contributed by atoms with E-state index in [0.717, 1.165) is 45.4 Å². The molecule has 10 nitrogen and oxygen atoms in total. The van der Waals surface area contributed by atoms with E-state index in [2.05, 4.69) is 37.0 Å². The maximum atomic E-state index is 12.0. The third kappa shape index (κ3) is 5.42. The normalized spacial score (nSPS) is 12.7. The van der Waals surface area contributed by atoms with E-state index in [-0.39, 0.29) is 12.5 Å². The van der Waals surface area contributed by atoms with Crippen molar-refractivity contribution in [2.45, 2.75) is 39.3 Å². The minimum atomic E-state index is -0.0519. The van der Waals surface area contributed by atoms with Crippen LogP contribution in [0.3, 0.4) is 0 Å². The molecular weight excluding hydrogens is 512 g/mol. The number of aromatic nitrogens is 5. The number of carbonyl (C=O) groups excluding carboxylic acids is 1. The van der Waals surface area contributed by atoms with E-state index >= 15 is 0 Å². The average molecular weight is 537 g/mol. The van der Waals surface area contributed by atoms with Crippen LogP contribution >= 0.6 is 11.3 Å². The summed E-state index contributed by atoms with van der Waals surface area (Å²) in [4.78, 5) is 21.3. The Kier molecular flexibility index (Phi) is 6.38. The van der Waals surface area contributed by atoms with Gasteiger partial charge >= 0.3 is 0 Å². The van der Waals surface area contributed by atoms with Gasteiger partial charge in [-0.1, -0.05) is 17.3 Å². The molecule has 0 saturated heterocycles. The summed E-state index contributed by atoms with van der Waals surface area (Å²) in [5.74, 6) is 1.48. The minimum absolute atomic E-state index is 0.0519. The van der Waals surface area contributed by atoms with Crippen molar-refractivity contribution in [1.29, 1.82) is 5.26 Å². The standard InChI is InChI=1S/C28H24N8O2S/c1-16-11-18(13-29)12-17(2)25(16)38-27-26-22(9-10-39-26)32-28(33-27)31-21-5-3-19(4-6-21)23-14-36(35-34-23)15-24(37)30-20-7-8-20/h3-6,9-12,14,20H,7-8,15H2,1-2H3,(H,30,37)(H,31,32,33). The van der Waals surface area contributed by atoms with Crippen LogP contribution in [0.5, 0.6) is 11.6 Å². The number of nitriles is 1. The second-order valence-electron chi connectivity index (χ2n) is 9.49. The molecule has 6 rings (SSSR count). The number of nitrogens with one attached hydrogen (secondary N) is 2. The Balaban J connectivity index is 1.20. The maximum Gasteiger partial charge on any atom is 0.242 e. The van der Waals surface area contributed by atoms with Gasteiger partial charge in [0.05, 0.1) is 23.3 Å². The number of nitrogens with zero attached hydrogens (tertiary/aromatic N) is 6.